The second-order valence-corrected chi connectivity index (χ2v) is 4.13. The van der Waals surface area contributed by atoms with E-state index in [4.69, 9.17) is 9.47 Å². The number of rotatable bonds is 5. The molecule has 1 atom stereocenters. The summed E-state index contributed by atoms with van der Waals surface area (Å²) in [5.41, 5.74) is 2.46. The molecule has 0 spiro atoms. The van der Waals surface area contributed by atoms with Gasteiger partial charge in [-0.15, -0.1) is 0 Å². The second-order valence-electron chi connectivity index (χ2n) is 4.13. The molecule has 0 saturated heterocycles. The molecular formula is C13H19NO2. The summed E-state index contributed by atoms with van der Waals surface area (Å²) in [6, 6.07) is 6.68. The Hall–Kier alpha value is -1.22. The van der Waals surface area contributed by atoms with Crippen LogP contribution < -0.4 is 10.1 Å². The molecule has 0 aromatic heterocycles. The minimum absolute atomic E-state index is 0.380. The van der Waals surface area contributed by atoms with E-state index in [1.54, 1.807) is 7.11 Å². The Morgan fingerprint density at radius 1 is 1.50 bits per heavy atom. The van der Waals surface area contributed by atoms with Crippen LogP contribution in [0.2, 0.25) is 0 Å². The summed E-state index contributed by atoms with van der Waals surface area (Å²) in [5, 5.41) is 3.48. The van der Waals surface area contributed by atoms with Crippen molar-refractivity contribution in [2.75, 3.05) is 25.6 Å². The Bertz CT molecular complexity index is 352. The Morgan fingerprint density at radius 3 is 3.12 bits per heavy atom. The van der Waals surface area contributed by atoms with Gasteiger partial charge in [0, 0.05) is 25.3 Å². The number of benzene rings is 1. The number of methoxy groups -OCH3 is 1. The normalized spacial score (nSPS) is 15.4. The lowest BCUT2D eigenvalue weighted by Crippen LogP contribution is -2.23. The average molecular weight is 221 g/mol. The fourth-order valence-corrected chi connectivity index (χ4v) is 1.97. The molecule has 0 saturated carbocycles. The zero-order valence-corrected chi connectivity index (χ0v) is 9.95. The standard InChI is InChI=1S/C13H19NO2/c1-3-11(9-15-2)14-12-4-5-13-10(8-12)6-7-16-13/h4-5,8,11,14H,3,6-7,9H2,1-2H3. The van der Waals surface area contributed by atoms with Gasteiger partial charge in [-0.2, -0.15) is 0 Å². The zero-order valence-electron chi connectivity index (χ0n) is 9.95. The van der Waals surface area contributed by atoms with E-state index in [9.17, 15) is 0 Å². The largest absolute Gasteiger partial charge is 0.493 e. The van der Waals surface area contributed by atoms with Gasteiger partial charge in [-0.1, -0.05) is 6.92 Å². The number of nitrogens with one attached hydrogen (secondary N) is 1. The number of anilines is 1. The van der Waals surface area contributed by atoms with Crippen LogP contribution in [0.4, 0.5) is 5.69 Å². The highest BCUT2D eigenvalue weighted by atomic mass is 16.5. The van der Waals surface area contributed by atoms with E-state index in [1.807, 2.05) is 6.07 Å². The maximum atomic E-state index is 5.48. The Kier molecular flexibility index (Phi) is 3.67. The summed E-state index contributed by atoms with van der Waals surface area (Å²) < 4.78 is 10.7. The molecule has 1 aromatic carbocycles. The molecule has 2 rings (SSSR count). The van der Waals surface area contributed by atoms with Crippen LogP contribution in [0.1, 0.15) is 18.9 Å². The summed E-state index contributed by atoms with van der Waals surface area (Å²) >= 11 is 0. The minimum atomic E-state index is 0.380. The zero-order chi connectivity index (χ0) is 11.4. The van der Waals surface area contributed by atoms with E-state index in [2.05, 4.69) is 24.4 Å². The molecule has 0 fully saturated rings. The number of hydrogen-bond donors (Lipinski definition) is 1. The van der Waals surface area contributed by atoms with Gasteiger partial charge in [0.15, 0.2) is 0 Å². The molecule has 1 aliphatic rings. The Morgan fingerprint density at radius 2 is 2.38 bits per heavy atom. The fourth-order valence-electron chi connectivity index (χ4n) is 1.97. The highest BCUT2D eigenvalue weighted by Crippen LogP contribution is 2.28. The summed E-state index contributed by atoms with van der Waals surface area (Å²) in [6.07, 6.45) is 2.08. The van der Waals surface area contributed by atoms with Gasteiger partial charge in [-0.05, 0) is 30.2 Å². The molecule has 1 aromatic rings. The van der Waals surface area contributed by atoms with Crippen molar-refractivity contribution in [2.45, 2.75) is 25.8 Å². The van der Waals surface area contributed by atoms with Gasteiger partial charge in [-0.3, -0.25) is 0 Å². The van der Waals surface area contributed by atoms with Crippen LogP contribution in [0.25, 0.3) is 0 Å². The van der Waals surface area contributed by atoms with Crippen LogP contribution in [0, 0.1) is 0 Å². The van der Waals surface area contributed by atoms with E-state index in [-0.39, 0.29) is 0 Å². The predicted molar refractivity (Wildman–Crippen MR) is 65.2 cm³/mol. The Balaban J connectivity index is 2.04. The SMILES string of the molecule is CCC(COC)Nc1ccc2c(c1)CCO2. The van der Waals surface area contributed by atoms with Gasteiger partial charge in [-0.25, -0.2) is 0 Å². The first kappa shape index (κ1) is 11.3. The van der Waals surface area contributed by atoms with E-state index in [0.29, 0.717) is 6.04 Å². The fraction of sp³-hybridized carbons (Fsp3) is 0.538. The second kappa shape index (κ2) is 5.21. The third-order valence-electron chi connectivity index (χ3n) is 2.92. The monoisotopic (exact) mass is 221 g/mol. The quantitative estimate of drug-likeness (QED) is 0.828. The van der Waals surface area contributed by atoms with Crippen molar-refractivity contribution in [2.24, 2.45) is 0 Å². The highest BCUT2D eigenvalue weighted by Gasteiger charge is 2.13. The molecule has 0 radical (unpaired) electrons. The lowest BCUT2D eigenvalue weighted by atomic mass is 10.1. The van der Waals surface area contributed by atoms with Gasteiger partial charge >= 0.3 is 0 Å². The van der Waals surface area contributed by atoms with Crippen molar-refractivity contribution in [3.8, 4) is 5.75 Å². The van der Waals surface area contributed by atoms with Gasteiger partial charge in [0.1, 0.15) is 5.75 Å². The van der Waals surface area contributed by atoms with Crippen LogP contribution in [0.5, 0.6) is 5.75 Å². The predicted octanol–water partition coefficient (Wildman–Crippen LogP) is 2.46. The molecule has 3 nitrogen and oxygen atoms in total. The molecule has 0 amide bonds. The molecular weight excluding hydrogens is 202 g/mol. The number of hydrogen-bond acceptors (Lipinski definition) is 3. The van der Waals surface area contributed by atoms with Gasteiger partial charge < -0.3 is 14.8 Å². The van der Waals surface area contributed by atoms with Crippen LogP contribution in [0.3, 0.4) is 0 Å². The lowest BCUT2D eigenvalue weighted by molar-refractivity contribution is 0.184. The van der Waals surface area contributed by atoms with E-state index < -0.39 is 0 Å². The van der Waals surface area contributed by atoms with Crippen molar-refractivity contribution in [1.29, 1.82) is 0 Å². The summed E-state index contributed by atoms with van der Waals surface area (Å²) in [4.78, 5) is 0. The summed E-state index contributed by atoms with van der Waals surface area (Å²) in [6.45, 7) is 3.71. The topological polar surface area (TPSA) is 30.5 Å². The van der Waals surface area contributed by atoms with Crippen molar-refractivity contribution in [3.63, 3.8) is 0 Å². The van der Waals surface area contributed by atoms with Crippen LogP contribution in [-0.4, -0.2) is 26.4 Å². The number of fused-ring (bicyclic) bond motifs is 1. The van der Waals surface area contributed by atoms with Gasteiger partial charge in [0.05, 0.1) is 13.2 Å². The van der Waals surface area contributed by atoms with Crippen LogP contribution >= 0.6 is 0 Å². The third-order valence-corrected chi connectivity index (χ3v) is 2.92. The molecule has 0 aliphatic carbocycles. The van der Waals surface area contributed by atoms with Crippen LogP contribution in [0.15, 0.2) is 18.2 Å². The molecule has 3 heteroatoms. The highest BCUT2D eigenvalue weighted by molar-refractivity contribution is 5.52. The first-order valence-electron chi connectivity index (χ1n) is 5.84. The number of ether oxygens (including phenoxy) is 2. The Labute approximate surface area is 96.8 Å². The van der Waals surface area contributed by atoms with Gasteiger partial charge in [0.25, 0.3) is 0 Å². The maximum Gasteiger partial charge on any atom is 0.122 e. The summed E-state index contributed by atoms with van der Waals surface area (Å²) in [5.74, 6) is 1.03. The van der Waals surface area contributed by atoms with Crippen molar-refractivity contribution in [3.05, 3.63) is 23.8 Å². The van der Waals surface area contributed by atoms with E-state index >= 15 is 0 Å². The van der Waals surface area contributed by atoms with Crippen molar-refractivity contribution < 1.29 is 9.47 Å². The molecule has 16 heavy (non-hydrogen) atoms. The third kappa shape index (κ3) is 2.47. The van der Waals surface area contributed by atoms with Gasteiger partial charge in [0.2, 0.25) is 0 Å². The summed E-state index contributed by atoms with van der Waals surface area (Å²) in [7, 11) is 1.74. The minimum Gasteiger partial charge on any atom is -0.493 e. The average Bonchev–Trinajstić information content (AvgIpc) is 2.75. The lowest BCUT2D eigenvalue weighted by Gasteiger charge is -2.17. The molecule has 88 valence electrons. The van der Waals surface area contributed by atoms with E-state index in [1.165, 1.54) is 5.56 Å². The molecule has 0 bridgehead atoms. The first-order valence-corrected chi connectivity index (χ1v) is 5.84. The van der Waals surface area contributed by atoms with Crippen LogP contribution in [-0.2, 0) is 11.2 Å². The molecule has 1 unspecified atom stereocenters. The van der Waals surface area contributed by atoms with E-state index in [0.717, 1.165) is 37.5 Å². The van der Waals surface area contributed by atoms with Crippen molar-refractivity contribution >= 4 is 5.69 Å². The maximum absolute atomic E-state index is 5.48. The van der Waals surface area contributed by atoms with Crippen molar-refractivity contribution in [1.82, 2.24) is 0 Å². The smallest absolute Gasteiger partial charge is 0.122 e. The molecule has 1 aliphatic heterocycles. The molecule has 1 N–H and O–H groups in total. The first-order chi connectivity index (χ1) is 7.83. The molecule has 1 heterocycles.